The fraction of sp³-hybridized carbons (Fsp3) is 0.200. The number of carbonyl (C=O) groups is 3. The highest BCUT2D eigenvalue weighted by atomic mass is 16.7. The molecule has 2 aromatic carbocycles. The largest absolute Gasteiger partial charge is 0.454 e. The average Bonchev–Trinajstić information content (AvgIpc) is 3.59. The number of allylic oxidation sites excluding steroid dienone is 1. The molecule has 0 saturated heterocycles. The van der Waals surface area contributed by atoms with Crippen molar-refractivity contribution < 1.29 is 28.6 Å². The van der Waals surface area contributed by atoms with E-state index in [0.717, 1.165) is 35.2 Å². The van der Waals surface area contributed by atoms with Gasteiger partial charge in [-0.1, -0.05) is 24.3 Å². The lowest BCUT2D eigenvalue weighted by atomic mass is 9.86. The van der Waals surface area contributed by atoms with Crippen LogP contribution >= 0.6 is 0 Å². The van der Waals surface area contributed by atoms with Gasteiger partial charge in [0.05, 0.1) is 16.8 Å². The average molecular weight is 524 g/mol. The lowest BCUT2D eigenvalue weighted by molar-refractivity contribution is -0.123. The number of para-hydroxylation sites is 1. The van der Waals surface area contributed by atoms with Crippen molar-refractivity contribution in [2.24, 2.45) is 7.05 Å². The zero-order chi connectivity index (χ0) is 26.9. The first-order valence-electron chi connectivity index (χ1n) is 12.6. The van der Waals surface area contributed by atoms with Gasteiger partial charge in [0.15, 0.2) is 18.1 Å². The number of aromatic nitrogens is 2. The van der Waals surface area contributed by atoms with Crippen molar-refractivity contribution in [2.75, 3.05) is 13.4 Å². The van der Waals surface area contributed by atoms with Crippen molar-refractivity contribution >= 4 is 40.3 Å². The van der Waals surface area contributed by atoms with E-state index in [9.17, 15) is 14.4 Å². The predicted molar refractivity (Wildman–Crippen MR) is 143 cm³/mol. The zero-order valence-electron chi connectivity index (χ0n) is 21.2. The van der Waals surface area contributed by atoms with E-state index in [1.165, 1.54) is 0 Å². The molecule has 2 aromatic heterocycles. The molecule has 9 nitrogen and oxygen atoms in total. The highest BCUT2D eigenvalue weighted by Gasteiger charge is 2.27. The second-order valence-corrected chi connectivity index (χ2v) is 9.42. The van der Waals surface area contributed by atoms with E-state index in [1.807, 2.05) is 42.5 Å². The molecular formula is C30H25N3O6. The second-order valence-electron chi connectivity index (χ2n) is 9.42. The topological polar surface area (TPSA) is 109 Å². The van der Waals surface area contributed by atoms with Crippen molar-refractivity contribution in [1.82, 2.24) is 14.9 Å². The Morgan fingerprint density at radius 1 is 1.05 bits per heavy atom. The van der Waals surface area contributed by atoms with Crippen molar-refractivity contribution in [3.8, 4) is 11.5 Å². The molecule has 196 valence electrons. The third-order valence-electron chi connectivity index (χ3n) is 6.88. The van der Waals surface area contributed by atoms with Gasteiger partial charge in [0.2, 0.25) is 6.79 Å². The number of imide groups is 1. The minimum atomic E-state index is -0.704. The SMILES string of the molecule is Cn1cccc1C(=O)NC(=O)COC(=O)c1c2c(nc3ccccc13)/C(=C/c1ccc3c(c1)OCO3)CCC2. The molecule has 2 aliphatic rings. The maximum Gasteiger partial charge on any atom is 0.339 e. The Labute approximate surface area is 224 Å². The van der Waals surface area contributed by atoms with Crippen LogP contribution in [0.3, 0.4) is 0 Å². The quantitative estimate of drug-likeness (QED) is 0.389. The Bertz CT molecular complexity index is 1670. The van der Waals surface area contributed by atoms with E-state index in [0.29, 0.717) is 40.1 Å². The summed E-state index contributed by atoms with van der Waals surface area (Å²) in [7, 11) is 1.70. The summed E-state index contributed by atoms with van der Waals surface area (Å²) < 4.78 is 18.0. The molecule has 0 atom stereocenters. The number of rotatable bonds is 5. The molecule has 9 heteroatoms. The summed E-state index contributed by atoms with van der Waals surface area (Å²) in [6, 6.07) is 16.4. The molecule has 0 radical (unpaired) electrons. The van der Waals surface area contributed by atoms with Gasteiger partial charge in [-0.25, -0.2) is 9.78 Å². The highest BCUT2D eigenvalue weighted by molar-refractivity contribution is 6.08. The number of amides is 2. The molecule has 39 heavy (non-hydrogen) atoms. The Kier molecular flexibility index (Phi) is 6.32. The molecule has 1 N–H and O–H groups in total. The molecule has 4 aromatic rings. The molecule has 0 unspecified atom stereocenters. The Morgan fingerprint density at radius 2 is 1.90 bits per heavy atom. The molecule has 2 amide bonds. The number of carbonyl (C=O) groups excluding carboxylic acids is 3. The number of hydrogen-bond donors (Lipinski definition) is 1. The van der Waals surface area contributed by atoms with Crippen molar-refractivity contribution in [2.45, 2.75) is 19.3 Å². The van der Waals surface area contributed by atoms with Crippen LogP contribution in [0.1, 0.15) is 50.5 Å². The molecule has 1 aliphatic carbocycles. The van der Waals surface area contributed by atoms with E-state index in [4.69, 9.17) is 19.2 Å². The van der Waals surface area contributed by atoms with Crippen LogP contribution in [-0.4, -0.2) is 40.7 Å². The van der Waals surface area contributed by atoms with E-state index in [1.54, 1.807) is 29.9 Å². The predicted octanol–water partition coefficient (Wildman–Crippen LogP) is 4.29. The Morgan fingerprint density at radius 3 is 2.74 bits per heavy atom. The molecule has 6 rings (SSSR count). The standard InChI is InChI=1S/C30H25N3O6/c1-33-13-5-10-23(33)29(35)32-26(34)16-37-30(36)27-20-7-2-3-9-22(20)31-28-19(6-4-8-21(27)28)14-18-11-12-24-25(15-18)39-17-38-24/h2-3,5,7,9-15H,4,6,8,16-17H2,1H3,(H,32,34,35)/b19-14+. The molecule has 0 spiro atoms. The van der Waals surface area contributed by atoms with Crippen LogP contribution in [0, 0.1) is 0 Å². The maximum absolute atomic E-state index is 13.4. The van der Waals surface area contributed by atoms with Crippen molar-refractivity contribution in [3.63, 3.8) is 0 Å². The molecule has 0 fully saturated rings. The van der Waals surface area contributed by atoms with E-state index >= 15 is 0 Å². The van der Waals surface area contributed by atoms with Gasteiger partial charge in [0.1, 0.15) is 5.69 Å². The van der Waals surface area contributed by atoms with Gasteiger partial charge in [-0.3, -0.25) is 14.9 Å². The lowest BCUT2D eigenvalue weighted by Gasteiger charge is -2.22. The van der Waals surface area contributed by atoms with Crippen LogP contribution in [-0.2, 0) is 23.0 Å². The summed E-state index contributed by atoms with van der Waals surface area (Å²) in [5.41, 5.74) is 4.86. The van der Waals surface area contributed by atoms with Gasteiger partial charge in [-0.05, 0) is 72.4 Å². The third kappa shape index (κ3) is 4.74. The summed E-state index contributed by atoms with van der Waals surface area (Å²) in [4.78, 5) is 43.1. The van der Waals surface area contributed by atoms with Gasteiger partial charge < -0.3 is 18.8 Å². The summed E-state index contributed by atoms with van der Waals surface area (Å²) in [6.45, 7) is -0.379. The number of benzene rings is 2. The van der Waals surface area contributed by atoms with E-state index in [2.05, 4.69) is 11.4 Å². The van der Waals surface area contributed by atoms with Gasteiger partial charge in [0.25, 0.3) is 11.8 Å². The first-order valence-corrected chi connectivity index (χ1v) is 12.6. The molecule has 0 bridgehead atoms. The second kappa shape index (κ2) is 10.1. The van der Waals surface area contributed by atoms with Gasteiger partial charge >= 0.3 is 5.97 Å². The smallest absolute Gasteiger partial charge is 0.339 e. The summed E-state index contributed by atoms with van der Waals surface area (Å²) >= 11 is 0. The first kappa shape index (κ1) is 24.4. The number of nitrogens with one attached hydrogen (secondary N) is 1. The van der Waals surface area contributed by atoms with Crippen molar-refractivity contribution in [3.05, 3.63) is 88.9 Å². The highest BCUT2D eigenvalue weighted by Crippen LogP contribution is 2.38. The Balaban J connectivity index is 1.29. The van der Waals surface area contributed by atoms with Crippen LogP contribution in [0.2, 0.25) is 0 Å². The number of pyridine rings is 1. The summed E-state index contributed by atoms with van der Waals surface area (Å²) in [5.74, 6) is -0.487. The first-order chi connectivity index (χ1) is 19.0. The minimum absolute atomic E-state index is 0.204. The van der Waals surface area contributed by atoms with Crippen LogP contribution in [0.4, 0.5) is 0 Å². The van der Waals surface area contributed by atoms with Gasteiger partial charge in [-0.15, -0.1) is 0 Å². The van der Waals surface area contributed by atoms with Crippen LogP contribution in [0.25, 0.3) is 22.6 Å². The maximum atomic E-state index is 13.4. The van der Waals surface area contributed by atoms with Crippen molar-refractivity contribution in [1.29, 1.82) is 0 Å². The number of aryl methyl sites for hydroxylation is 1. The third-order valence-corrected chi connectivity index (χ3v) is 6.88. The van der Waals surface area contributed by atoms with Crippen LogP contribution in [0.5, 0.6) is 11.5 Å². The fourth-order valence-electron chi connectivity index (χ4n) is 5.04. The van der Waals surface area contributed by atoms with Gasteiger partial charge in [-0.2, -0.15) is 0 Å². The number of ether oxygens (including phenoxy) is 3. The van der Waals surface area contributed by atoms with E-state index < -0.39 is 24.4 Å². The minimum Gasteiger partial charge on any atom is -0.454 e. The molecule has 1 aliphatic heterocycles. The van der Waals surface area contributed by atoms with Gasteiger partial charge in [0, 0.05) is 18.6 Å². The number of fused-ring (bicyclic) bond motifs is 3. The van der Waals surface area contributed by atoms with Crippen LogP contribution < -0.4 is 14.8 Å². The molecular weight excluding hydrogens is 498 g/mol. The number of esters is 1. The number of nitrogens with zero attached hydrogens (tertiary/aromatic N) is 2. The van der Waals surface area contributed by atoms with Crippen LogP contribution in [0.15, 0.2) is 60.8 Å². The summed E-state index contributed by atoms with van der Waals surface area (Å²) in [6.07, 6.45) is 6.03. The molecule has 3 heterocycles. The monoisotopic (exact) mass is 523 g/mol. The number of hydrogen-bond acceptors (Lipinski definition) is 7. The Hall–Kier alpha value is -4.92. The lowest BCUT2D eigenvalue weighted by Crippen LogP contribution is -2.35. The summed E-state index contributed by atoms with van der Waals surface area (Å²) in [5, 5.41) is 2.92. The normalized spacial score (nSPS) is 14.7. The molecule has 0 saturated carbocycles. The fourth-order valence-corrected chi connectivity index (χ4v) is 5.04. The zero-order valence-corrected chi connectivity index (χ0v) is 21.2. The van der Waals surface area contributed by atoms with E-state index in [-0.39, 0.29) is 6.79 Å².